The molecule has 0 unspecified atom stereocenters. The number of nitrogens with zero attached hydrogens (tertiary/aromatic N) is 1. The first-order valence-electron chi connectivity index (χ1n) is 10.5. The Labute approximate surface area is 191 Å². The minimum absolute atomic E-state index is 0.155. The molecule has 0 heterocycles. The summed E-state index contributed by atoms with van der Waals surface area (Å²) in [7, 11) is 0. The number of carbonyl (C=O) groups is 2. The molecule has 0 saturated heterocycles. The number of hydrogen-bond acceptors (Lipinski definition) is 5. The van der Waals surface area contributed by atoms with Gasteiger partial charge in [-0.15, -0.1) is 0 Å². The molecule has 0 radical (unpaired) electrons. The fourth-order valence-corrected chi connectivity index (χ4v) is 3.37. The summed E-state index contributed by atoms with van der Waals surface area (Å²) in [6, 6.07) is 24.6. The zero-order valence-corrected chi connectivity index (χ0v) is 18.0. The number of rotatable bonds is 6. The number of anilines is 1. The summed E-state index contributed by atoms with van der Waals surface area (Å²) >= 11 is 0. The second-order valence-corrected chi connectivity index (χ2v) is 7.28. The van der Waals surface area contributed by atoms with Gasteiger partial charge in [-0.3, -0.25) is 9.79 Å². The first-order chi connectivity index (χ1) is 16.0. The molecule has 0 aromatic heterocycles. The number of benzene rings is 4. The van der Waals surface area contributed by atoms with Gasteiger partial charge in [0, 0.05) is 23.0 Å². The van der Waals surface area contributed by atoms with Crippen molar-refractivity contribution in [3.63, 3.8) is 0 Å². The summed E-state index contributed by atoms with van der Waals surface area (Å²) in [5.74, 6) is -0.521. The Morgan fingerprint density at radius 3 is 2.33 bits per heavy atom. The van der Waals surface area contributed by atoms with E-state index in [1.165, 1.54) is 0 Å². The highest BCUT2D eigenvalue weighted by molar-refractivity contribution is 6.05. The molecule has 2 N–H and O–H groups in total. The first-order valence-corrected chi connectivity index (χ1v) is 10.5. The van der Waals surface area contributed by atoms with Gasteiger partial charge in [0.15, 0.2) is 0 Å². The van der Waals surface area contributed by atoms with E-state index >= 15 is 0 Å². The number of aromatic hydroxyl groups is 1. The van der Waals surface area contributed by atoms with Gasteiger partial charge in [0.25, 0.3) is 5.91 Å². The number of hydrogen-bond donors (Lipinski definition) is 2. The second-order valence-electron chi connectivity index (χ2n) is 7.28. The van der Waals surface area contributed by atoms with E-state index in [2.05, 4.69) is 10.3 Å². The standard InChI is InChI=1S/C27H22N2O4/c1-2-33-27(32)20-9-14-22(15-10-20)29-26(31)19-7-12-21(13-8-19)28-17-24-23-6-4-3-5-18(23)11-16-25(24)30/h3-17,30H,2H2,1H3,(H,29,31). The van der Waals surface area contributed by atoms with Gasteiger partial charge in [0.1, 0.15) is 5.75 Å². The van der Waals surface area contributed by atoms with Crippen molar-refractivity contribution in [3.05, 3.63) is 102 Å². The Morgan fingerprint density at radius 1 is 0.909 bits per heavy atom. The highest BCUT2D eigenvalue weighted by atomic mass is 16.5. The van der Waals surface area contributed by atoms with E-state index in [9.17, 15) is 14.7 Å². The maximum atomic E-state index is 12.5. The van der Waals surface area contributed by atoms with Gasteiger partial charge in [0.05, 0.1) is 17.9 Å². The molecular formula is C27H22N2O4. The fourth-order valence-electron chi connectivity index (χ4n) is 3.37. The largest absolute Gasteiger partial charge is 0.507 e. The predicted octanol–water partition coefficient (Wildman–Crippen LogP) is 5.73. The van der Waals surface area contributed by atoms with E-state index < -0.39 is 5.97 Å². The van der Waals surface area contributed by atoms with Crippen molar-refractivity contribution in [1.82, 2.24) is 0 Å². The lowest BCUT2D eigenvalue weighted by Gasteiger charge is -2.07. The molecule has 4 aromatic rings. The minimum Gasteiger partial charge on any atom is -0.507 e. The number of esters is 1. The summed E-state index contributed by atoms with van der Waals surface area (Å²) < 4.78 is 4.95. The first kappa shape index (κ1) is 21.8. The third-order valence-electron chi connectivity index (χ3n) is 5.07. The Balaban J connectivity index is 1.45. The molecule has 0 aliphatic heterocycles. The molecule has 0 aliphatic rings. The zero-order valence-electron chi connectivity index (χ0n) is 18.0. The summed E-state index contributed by atoms with van der Waals surface area (Å²) in [5.41, 5.74) is 2.76. The van der Waals surface area contributed by atoms with Crippen LogP contribution in [0.1, 0.15) is 33.2 Å². The minimum atomic E-state index is -0.400. The van der Waals surface area contributed by atoms with Crippen LogP contribution in [0.25, 0.3) is 10.8 Å². The number of phenols is 1. The molecule has 4 rings (SSSR count). The van der Waals surface area contributed by atoms with Crippen LogP contribution in [0.2, 0.25) is 0 Å². The number of aliphatic imine (C=N–C) groups is 1. The lowest BCUT2D eigenvalue weighted by molar-refractivity contribution is 0.0526. The predicted molar refractivity (Wildman–Crippen MR) is 130 cm³/mol. The Hall–Kier alpha value is -4.45. The molecule has 0 saturated carbocycles. The molecule has 0 aliphatic carbocycles. The van der Waals surface area contributed by atoms with Crippen molar-refractivity contribution in [2.75, 3.05) is 11.9 Å². The molecule has 33 heavy (non-hydrogen) atoms. The Kier molecular flexibility index (Phi) is 6.45. The van der Waals surface area contributed by atoms with E-state index in [0.717, 1.165) is 10.8 Å². The number of carbonyl (C=O) groups excluding carboxylic acids is 2. The molecule has 1 amide bonds. The van der Waals surface area contributed by atoms with E-state index in [-0.39, 0.29) is 11.7 Å². The molecule has 6 nitrogen and oxygen atoms in total. The SMILES string of the molecule is CCOC(=O)c1ccc(NC(=O)c2ccc(N=Cc3c(O)ccc4ccccc34)cc2)cc1. The average molecular weight is 438 g/mol. The van der Waals surface area contributed by atoms with Crippen LogP contribution in [0.5, 0.6) is 5.75 Å². The smallest absolute Gasteiger partial charge is 0.338 e. The number of amides is 1. The van der Waals surface area contributed by atoms with Gasteiger partial charge < -0.3 is 15.2 Å². The normalized spacial score (nSPS) is 10.9. The zero-order chi connectivity index (χ0) is 23.2. The number of nitrogens with one attached hydrogen (secondary N) is 1. The molecule has 0 bridgehead atoms. The van der Waals surface area contributed by atoms with Gasteiger partial charge in [-0.1, -0.05) is 30.3 Å². The van der Waals surface area contributed by atoms with Crippen LogP contribution < -0.4 is 5.32 Å². The maximum Gasteiger partial charge on any atom is 0.338 e. The number of phenolic OH excluding ortho intramolecular Hbond substituents is 1. The number of fused-ring (bicyclic) bond motifs is 1. The summed E-state index contributed by atoms with van der Waals surface area (Å²) in [6.45, 7) is 2.05. The molecule has 4 aromatic carbocycles. The highest BCUT2D eigenvalue weighted by Crippen LogP contribution is 2.26. The average Bonchev–Trinajstić information content (AvgIpc) is 2.84. The van der Waals surface area contributed by atoms with Crippen molar-refractivity contribution in [2.45, 2.75) is 6.92 Å². The van der Waals surface area contributed by atoms with E-state index in [4.69, 9.17) is 4.74 Å². The van der Waals surface area contributed by atoms with Crippen LogP contribution in [0.3, 0.4) is 0 Å². The lowest BCUT2D eigenvalue weighted by Crippen LogP contribution is -2.12. The van der Waals surface area contributed by atoms with Crippen molar-refractivity contribution in [2.24, 2.45) is 4.99 Å². The third kappa shape index (κ3) is 5.07. The summed E-state index contributed by atoms with van der Waals surface area (Å²) in [5, 5.41) is 15.0. The van der Waals surface area contributed by atoms with Crippen LogP contribution in [-0.2, 0) is 4.74 Å². The lowest BCUT2D eigenvalue weighted by atomic mass is 10.0. The van der Waals surface area contributed by atoms with Gasteiger partial charge >= 0.3 is 5.97 Å². The van der Waals surface area contributed by atoms with Gasteiger partial charge in [-0.25, -0.2) is 4.79 Å². The van der Waals surface area contributed by atoms with Crippen molar-refractivity contribution >= 4 is 40.2 Å². The van der Waals surface area contributed by atoms with Gasteiger partial charge in [0.2, 0.25) is 0 Å². The van der Waals surface area contributed by atoms with E-state index in [1.807, 2.05) is 30.3 Å². The fraction of sp³-hybridized carbons (Fsp3) is 0.0741. The molecule has 164 valence electrons. The van der Waals surface area contributed by atoms with E-state index in [1.54, 1.807) is 67.7 Å². The van der Waals surface area contributed by atoms with Crippen molar-refractivity contribution < 1.29 is 19.4 Å². The van der Waals surface area contributed by atoms with Gasteiger partial charge in [-0.05, 0) is 72.3 Å². The third-order valence-corrected chi connectivity index (χ3v) is 5.07. The Morgan fingerprint density at radius 2 is 1.61 bits per heavy atom. The molecule has 6 heteroatoms. The molecule has 0 spiro atoms. The maximum absolute atomic E-state index is 12.5. The Bertz CT molecular complexity index is 1330. The molecular weight excluding hydrogens is 416 g/mol. The van der Waals surface area contributed by atoms with Crippen LogP contribution in [0, 0.1) is 0 Å². The number of ether oxygens (including phenoxy) is 1. The highest BCUT2D eigenvalue weighted by Gasteiger charge is 2.09. The molecule has 0 atom stereocenters. The summed E-state index contributed by atoms with van der Waals surface area (Å²) in [6.07, 6.45) is 1.62. The monoisotopic (exact) mass is 438 g/mol. The van der Waals surface area contributed by atoms with Crippen LogP contribution >= 0.6 is 0 Å². The molecule has 0 fully saturated rings. The van der Waals surface area contributed by atoms with Crippen LogP contribution in [-0.4, -0.2) is 29.8 Å². The quantitative estimate of drug-likeness (QED) is 0.297. The topological polar surface area (TPSA) is 88.0 Å². The van der Waals surface area contributed by atoms with Gasteiger partial charge in [-0.2, -0.15) is 0 Å². The van der Waals surface area contributed by atoms with E-state index in [0.29, 0.717) is 34.7 Å². The van der Waals surface area contributed by atoms with Crippen LogP contribution in [0.15, 0.2) is 89.9 Å². The van der Waals surface area contributed by atoms with Crippen molar-refractivity contribution in [3.8, 4) is 5.75 Å². The van der Waals surface area contributed by atoms with Crippen molar-refractivity contribution in [1.29, 1.82) is 0 Å². The second kappa shape index (κ2) is 9.78. The van der Waals surface area contributed by atoms with Crippen LogP contribution in [0.4, 0.5) is 11.4 Å². The summed E-state index contributed by atoms with van der Waals surface area (Å²) in [4.78, 5) is 28.7.